The second-order valence-electron chi connectivity index (χ2n) is 7.22. The molecule has 1 atom stereocenters. The number of benzene rings is 2. The second-order valence-corrected chi connectivity index (χ2v) is 7.22. The lowest BCUT2D eigenvalue weighted by Gasteiger charge is -2.36. The van der Waals surface area contributed by atoms with Gasteiger partial charge in [-0.1, -0.05) is 36.8 Å². The van der Waals surface area contributed by atoms with Crippen molar-refractivity contribution in [2.24, 2.45) is 5.92 Å². The fourth-order valence-electron chi connectivity index (χ4n) is 3.46. The van der Waals surface area contributed by atoms with Gasteiger partial charge in [-0.25, -0.2) is 4.39 Å². The predicted molar refractivity (Wildman–Crippen MR) is 103 cm³/mol. The molecule has 2 amide bonds. The molecule has 0 spiro atoms. The van der Waals surface area contributed by atoms with Crippen LogP contribution < -0.4 is 0 Å². The monoisotopic (exact) mass is 368 g/mol. The van der Waals surface area contributed by atoms with E-state index in [0.29, 0.717) is 38.2 Å². The lowest BCUT2D eigenvalue weighted by molar-refractivity contribution is -0.136. The van der Waals surface area contributed by atoms with E-state index in [9.17, 15) is 14.0 Å². The van der Waals surface area contributed by atoms with Crippen LogP contribution in [-0.2, 0) is 11.2 Å². The minimum atomic E-state index is -0.271. The molecule has 4 nitrogen and oxygen atoms in total. The molecule has 2 aromatic carbocycles. The van der Waals surface area contributed by atoms with Gasteiger partial charge in [0.15, 0.2) is 0 Å². The van der Waals surface area contributed by atoms with Crippen molar-refractivity contribution in [1.82, 2.24) is 9.80 Å². The predicted octanol–water partition coefficient (Wildman–Crippen LogP) is 3.30. The van der Waals surface area contributed by atoms with E-state index in [1.807, 2.05) is 47.9 Å². The standard InChI is InChI=1S/C22H25FN2O2/c1-16-4-3-5-19(14-16)22(27)25-12-10-24(11-13-25)21(26)17(2)15-18-6-8-20(23)9-7-18/h3-9,14,17H,10-13,15H2,1-2H3. The number of aryl methyl sites for hydroxylation is 1. The van der Waals surface area contributed by atoms with Gasteiger partial charge in [0.2, 0.25) is 5.91 Å². The Kier molecular flexibility index (Phi) is 5.89. The van der Waals surface area contributed by atoms with Crippen LogP contribution in [0.25, 0.3) is 0 Å². The van der Waals surface area contributed by atoms with Crippen LogP contribution in [0, 0.1) is 18.7 Å². The zero-order chi connectivity index (χ0) is 19.4. The van der Waals surface area contributed by atoms with E-state index in [2.05, 4.69) is 0 Å². The van der Waals surface area contributed by atoms with Crippen LogP contribution in [0.2, 0.25) is 0 Å². The molecule has 0 bridgehead atoms. The lowest BCUT2D eigenvalue weighted by atomic mass is 9.99. The van der Waals surface area contributed by atoms with Crippen LogP contribution in [0.5, 0.6) is 0 Å². The van der Waals surface area contributed by atoms with E-state index in [0.717, 1.165) is 11.1 Å². The summed E-state index contributed by atoms with van der Waals surface area (Å²) >= 11 is 0. The lowest BCUT2D eigenvalue weighted by Crippen LogP contribution is -2.51. The van der Waals surface area contributed by atoms with Crippen LogP contribution in [0.4, 0.5) is 4.39 Å². The average Bonchev–Trinajstić information content (AvgIpc) is 2.68. The number of hydrogen-bond donors (Lipinski definition) is 0. The Bertz CT molecular complexity index is 811. The highest BCUT2D eigenvalue weighted by Crippen LogP contribution is 2.15. The van der Waals surface area contributed by atoms with E-state index >= 15 is 0 Å². The molecule has 1 fully saturated rings. The molecule has 1 heterocycles. The van der Waals surface area contributed by atoms with Crippen LogP contribution in [0.15, 0.2) is 48.5 Å². The molecule has 5 heteroatoms. The molecule has 0 radical (unpaired) electrons. The van der Waals surface area contributed by atoms with Gasteiger partial charge in [0.05, 0.1) is 0 Å². The van der Waals surface area contributed by atoms with Crippen molar-refractivity contribution < 1.29 is 14.0 Å². The van der Waals surface area contributed by atoms with Crippen molar-refractivity contribution in [3.05, 3.63) is 71.0 Å². The Morgan fingerprint density at radius 1 is 1.00 bits per heavy atom. The van der Waals surface area contributed by atoms with E-state index in [-0.39, 0.29) is 23.5 Å². The summed E-state index contributed by atoms with van der Waals surface area (Å²) in [5.41, 5.74) is 2.70. The quantitative estimate of drug-likeness (QED) is 0.831. The van der Waals surface area contributed by atoms with Gasteiger partial charge in [0.1, 0.15) is 5.82 Å². The molecule has 1 unspecified atom stereocenters. The third-order valence-corrected chi connectivity index (χ3v) is 5.02. The first-order valence-corrected chi connectivity index (χ1v) is 9.33. The molecule has 3 rings (SSSR count). The summed E-state index contributed by atoms with van der Waals surface area (Å²) in [7, 11) is 0. The van der Waals surface area contributed by atoms with E-state index in [1.165, 1.54) is 12.1 Å². The van der Waals surface area contributed by atoms with Crippen LogP contribution in [-0.4, -0.2) is 47.8 Å². The molecule has 1 aliphatic rings. The Morgan fingerprint density at radius 2 is 1.63 bits per heavy atom. The number of piperazine rings is 1. The van der Waals surface area contributed by atoms with Crippen molar-refractivity contribution in [3.63, 3.8) is 0 Å². The Hall–Kier alpha value is -2.69. The maximum atomic E-state index is 13.0. The molecular formula is C22H25FN2O2. The summed E-state index contributed by atoms with van der Waals surface area (Å²) in [5, 5.41) is 0. The second kappa shape index (κ2) is 8.33. The van der Waals surface area contributed by atoms with Gasteiger partial charge in [-0.2, -0.15) is 0 Å². The summed E-state index contributed by atoms with van der Waals surface area (Å²) in [5.74, 6) is -0.339. The molecule has 0 N–H and O–H groups in total. The number of halogens is 1. The average molecular weight is 368 g/mol. The summed E-state index contributed by atoms with van der Waals surface area (Å²) in [6, 6.07) is 13.9. The molecule has 0 aliphatic carbocycles. The van der Waals surface area contributed by atoms with Gasteiger partial charge in [0, 0.05) is 37.7 Å². The highest BCUT2D eigenvalue weighted by atomic mass is 19.1. The fraction of sp³-hybridized carbons (Fsp3) is 0.364. The zero-order valence-electron chi connectivity index (χ0n) is 15.8. The number of carbonyl (C=O) groups is 2. The van der Waals surface area contributed by atoms with Gasteiger partial charge in [-0.15, -0.1) is 0 Å². The van der Waals surface area contributed by atoms with Crippen LogP contribution in [0.1, 0.15) is 28.4 Å². The summed E-state index contributed by atoms with van der Waals surface area (Å²) in [4.78, 5) is 29.0. The number of amides is 2. The van der Waals surface area contributed by atoms with Gasteiger partial charge in [0.25, 0.3) is 5.91 Å². The highest BCUT2D eigenvalue weighted by Gasteiger charge is 2.27. The fourth-order valence-corrected chi connectivity index (χ4v) is 3.46. The van der Waals surface area contributed by atoms with Crippen molar-refractivity contribution >= 4 is 11.8 Å². The van der Waals surface area contributed by atoms with Gasteiger partial charge in [-0.3, -0.25) is 9.59 Å². The molecule has 1 aliphatic heterocycles. The molecule has 142 valence electrons. The van der Waals surface area contributed by atoms with Crippen molar-refractivity contribution in [2.75, 3.05) is 26.2 Å². The first-order chi connectivity index (χ1) is 12.9. The number of hydrogen-bond acceptors (Lipinski definition) is 2. The normalized spacial score (nSPS) is 15.5. The SMILES string of the molecule is Cc1cccc(C(=O)N2CCN(C(=O)C(C)Cc3ccc(F)cc3)CC2)c1. The zero-order valence-corrected chi connectivity index (χ0v) is 15.8. The maximum Gasteiger partial charge on any atom is 0.253 e. The molecule has 0 saturated carbocycles. The Labute approximate surface area is 159 Å². The summed E-state index contributed by atoms with van der Waals surface area (Å²) in [6.45, 7) is 6.05. The van der Waals surface area contributed by atoms with Crippen molar-refractivity contribution in [1.29, 1.82) is 0 Å². The number of carbonyl (C=O) groups excluding carboxylic acids is 2. The topological polar surface area (TPSA) is 40.6 Å². The molecule has 0 aromatic heterocycles. The third kappa shape index (κ3) is 4.73. The number of nitrogens with zero attached hydrogens (tertiary/aromatic N) is 2. The Morgan fingerprint density at radius 3 is 2.26 bits per heavy atom. The van der Waals surface area contributed by atoms with Crippen LogP contribution in [0.3, 0.4) is 0 Å². The van der Waals surface area contributed by atoms with E-state index < -0.39 is 0 Å². The molecular weight excluding hydrogens is 343 g/mol. The maximum absolute atomic E-state index is 13.0. The smallest absolute Gasteiger partial charge is 0.253 e. The molecule has 1 saturated heterocycles. The summed E-state index contributed by atoms with van der Waals surface area (Å²) < 4.78 is 13.0. The third-order valence-electron chi connectivity index (χ3n) is 5.02. The minimum Gasteiger partial charge on any atom is -0.339 e. The first-order valence-electron chi connectivity index (χ1n) is 9.33. The minimum absolute atomic E-state index is 0.0187. The van der Waals surface area contributed by atoms with Gasteiger partial charge < -0.3 is 9.80 Å². The number of rotatable bonds is 4. The van der Waals surface area contributed by atoms with E-state index in [4.69, 9.17) is 0 Å². The van der Waals surface area contributed by atoms with E-state index in [1.54, 1.807) is 12.1 Å². The highest BCUT2D eigenvalue weighted by molar-refractivity contribution is 5.94. The molecule has 27 heavy (non-hydrogen) atoms. The molecule has 2 aromatic rings. The van der Waals surface area contributed by atoms with Gasteiger partial charge in [-0.05, 0) is 43.2 Å². The first kappa shape index (κ1) is 19.1. The van der Waals surface area contributed by atoms with Crippen LogP contribution >= 0.6 is 0 Å². The van der Waals surface area contributed by atoms with Gasteiger partial charge >= 0.3 is 0 Å². The largest absolute Gasteiger partial charge is 0.339 e. The Balaban J connectivity index is 1.54. The summed E-state index contributed by atoms with van der Waals surface area (Å²) in [6.07, 6.45) is 0.585. The van der Waals surface area contributed by atoms with Crippen molar-refractivity contribution in [2.45, 2.75) is 20.3 Å². The van der Waals surface area contributed by atoms with Crippen molar-refractivity contribution in [3.8, 4) is 0 Å².